The third kappa shape index (κ3) is 4.08. The van der Waals surface area contributed by atoms with E-state index in [4.69, 9.17) is 14.5 Å². The smallest absolute Gasteiger partial charge is 0.202 e. The molecule has 1 aromatic rings. The Bertz CT molecular complexity index is 1030. The van der Waals surface area contributed by atoms with Crippen molar-refractivity contribution in [3.05, 3.63) is 42.5 Å². The minimum absolute atomic E-state index is 0.204. The van der Waals surface area contributed by atoms with Crippen LogP contribution in [0.4, 0.5) is 0 Å². The molecule has 1 saturated heterocycles. The van der Waals surface area contributed by atoms with Gasteiger partial charge >= 0.3 is 0 Å². The van der Waals surface area contributed by atoms with Crippen LogP contribution in [0, 0.1) is 46.3 Å². The summed E-state index contributed by atoms with van der Waals surface area (Å²) in [6, 6.07) is 10.2. The lowest BCUT2D eigenvalue weighted by Gasteiger charge is -2.62. The van der Waals surface area contributed by atoms with E-state index in [1.807, 2.05) is 18.2 Å². The van der Waals surface area contributed by atoms with Crippen molar-refractivity contribution in [3.8, 4) is 0 Å². The molecule has 0 aromatic heterocycles. The van der Waals surface area contributed by atoms with Gasteiger partial charge in [0, 0.05) is 18.8 Å². The molecule has 6 rings (SSSR count). The van der Waals surface area contributed by atoms with Gasteiger partial charge in [-0.15, -0.1) is 0 Å². The fourth-order valence-electron chi connectivity index (χ4n) is 9.97. The molecule has 4 saturated carbocycles. The summed E-state index contributed by atoms with van der Waals surface area (Å²) >= 11 is 0. The van der Waals surface area contributed by atoms with Crippen molar-refractivity contribution in [1.29, 1.82) is 0 Å². The highest BCUT2D eigenvalue weighted by Gasteiger charge is 2.63. The number of hydrogen-bond acceptors (Lipinski definition) is 4. The Balaban J connectivity index is 1.13. The molecule has 0 bridgehead atoms. The van der Waals surface area contributed by atoms with Crippen LogP contribution in [0.3, 0.4) is 0 Å². The van der Waals surface area contributed by atoms with Crippen LogP contribution in [0.2, 0.25) is 0 Å². The molecule has 202 valence electrons. The number of benzene rings is 1. The normalized spacial score (nSPS) is 45.9. The molecule has 4 aliphatic carbocycles. The zero-order chi connectivity index (χ0) is 26.0. The van der Waals surface area contributed by atoms with Gasteiger partial charge in [-0.25, -0.2) is 9.78 Å². The molecule has 0 N–H and O–H groups in total. The monoisotopic (exact) mass is 506 g/mol. The van der Waals surface area contributed by atoms with Crippen molar-refractivity contribution < 1.29 is 19.3 Å². The maximum absolute atomic E-state index is 12.3. The average molecular weight is 507 g/mol. The van der Waals surface area contributed by atoms with Gasteiger partial charge in [0.2, 0.25) is 5.79 Å². The number of rotatable bonds is 4. The Kier molecular flexibility index (Phi) is 6.49. The fraction of sp³-hybridized carbons (Fsp3) is 0.727. The largest absolute Gasteiger partial charge is 0.344 e. The first-order valence-electron chi connectivity index (χ1n) is 14.9. The van der Waals surface area contributed by atoms with E-state index >= 15 is 0 Å². The number of Topliss-reactive ketones (excluding diaryl/α,β-unsaturated/α-hetero) is 1. The van der Waals surface area contributed by atoms with Gasteiger partial charge in [-0.3, -0.25) is 4.79 Å². The van der Waals surface area contributed by atoms with E-state index in [0.29, 0.717) is 35.1 Å². The Labute approximate surface area is 223 Å². The maximum atomic E-state index is 12.3. The molecule has 1 spiro atoms. The van der Waals surface area contributed by atoms with E-state index in [1.165, 1.54) is 38.5 Å². The molecule has 37 heavy (non-hydrogen) atoms. The Morgan fingerprint density at radius 2 is 1.73 bits per heavy atom. The standard InChI is InChI=1S/C33H46O4/c1-21(23(3)34)27-13-14-28-26-12-11-25-19-33(18-17-31(25,4)29(26)15-16-32(27,28)5)35-20-30(36-37-33)22(2)24-9-7-6-8-10-24/h6-10,21,25-30H,2,11-20H2,1,3-5H3/t21-,25-,26+,27-,28+,29+,30?,31+,32-,33?/m1/s1. The summed E-state index contributed by atoms with van der Waals surface area (Å²) in [7, 11) is 0. The van der Waals surface area contributed by atoms with Crippen LogP contribution in [0.15, 0.2) is 36.9 Å². The molecule has 5 fully saturated rings. The van der Waals surface area contributed by atoms with E-state index in [-0.39, 0.29) is 12.0 Å². The molecule has 0 radical (unpaired) electrons. The van der Waals surface area contributed by atoms with Gasteiger partial charge in [-0.2, -0.15) is 0 Å². The van der Waals surface area contributed by atoms with E-state index in [0.717, 1.165) is 48.2 Å². The molecule has 10 atom stereocenters. The van der Waals surface area contributed by atoms with Crippen molar-refractivity contribution in [2.75, 3.05) is 6.61 Å². The number of ether oxygens (including phenoxy) is 1. The molecule has 4 nitrogen and oxygen atoms in total. The predicted molar refractivity (Wildman–Crippen MR) is 145 cm³/mol. The highest BCUT2D eigenvalue weighted by Crippen LogP contribution is 2.69. The quantitative estimate of drug-likeness (QED) is 0.394. The molecule has 0 amide bonds. The minimum Gasteiger partial charge on any atom is -0.344 e. The summed E-state index contributed by atoms with van der Waals surface area (Å²) in [5.74, 6) is 3.52. The van der Waals surface area contributed by atoms with Crippen LogP contribution in [-0.4, -0.2) is 24.3 Å². The number of fused-ring (bicyclic) bond motifs is 5. The molecule has 4 heteroatoms. The van der Waals surface area contributed by atoms with Gasteiger partial charge < -0.3 is 4.74 Å². The lowest BCUT2D eigenvalue weighted by Crippen LogP contribution is -2.58. The Morgan fingerprint density at radius 3 is 2.43 bits per heavy atom. The molecule has 2 unspecified atom stereocenters. The van der Waals surface area contributed by atoms with Gasteiger partial charge in [0.25, 0.3) is 0 Å². The van der Waals surface area contributed by atoms with Crippen molar-refractivity contribution in [2.45, 2.75) is 97.4 Å². The predicted octanol–water partition coefficient (Wildman–Crippen LogP) is 7.63. The van der Waals surface area contributed by atoms with E-state index in [2.05, 4.69) is 39.5 Å². The van der Waals surface area contributed by atoms with Crippen molar-refractivity contribution in [2.24, 2.45) is 46.3 Å². The number of hydrogen-bond donors (Lipinski definition) is 0. The SMILES string of the molecule is C=C(c1ccccc1)C1COC2(CC[C@@]3(C)[C@H](CC[C@@H]4[C@@H]3CC[C@]3(C)[C@@H]([C@H](C)C(C)=O)CC[C@@H]43)C2)OO1. The Morgan fingerprint density at radius 1 is 0.973 bits per heavy atom. The van der Waals surface area contributed by atoms with Crippen molar-refractivity contribution in [3.63, 3.8) is 0 Å². The zero-order valence-corrected chi connectivity index (χ0v) is 23.3. The zero-order valence-electron chi connectivity index (χ0n) is 23.3. The summed E-state index contributed by atoms with van der Waals surface area (Å²) in [6.07, 6.45) is 10.4. The molecule has 1 heterocycles. The highest BCUT2D eigenvalue weighted by molar-refractivity contribution is 5.78. The van der Waals surface area contributed by atoms with Gasteiger partial charge in [0.05, 0.1) is 6.61 Å². The maximum Gasteiger partial charge on any atom is 0.202 e. The van der Waals surface area contributed by atoms with Crippen LogP contribution >= 0.6 is 0 Å². The molecule has 1 aromatic carbocycles. The number of carbonyl (C=O) groups excluding carboxylic acids is 1. The van der Waals surface area contributed by atoms with E-state index < -0.39 is 5.79 Å². The van der Waals surface area contributed by atoms with E-state index in [1.54, 1.807) is 6.92 Å². The molecule has 5 aliphatic rings. The summed E-state index contributed by atoms with van der Waals surface area (Å²) in [6.45, 7) is 13.9. The van der Waals surface area contributed by atoms with Crippen LogP contribution in [0.1, 0.15) is 91.0 Å². The lowest BCUT2D eigenvalue weighted by molar-refractivity contribution is -0.489. The summed E-state index contributed by atoms with van der Waals surface area (Å²) < 4.78 is 6.50. The van der Waals surface area contributed by atoms with Crippen LogP contribution in [-0.2, 0) is 19.3 Å². The third-order valence-corrected chi connectivity index (χ3v) is 12.3. The molecular weight excluding hydrogens is 460 g/mol. The second kappa shape index (κ2) is 9.31. The number of ketones is 1. The molecular formula is C33H46O4. The van der Waals surface area contributed by atoms with Crippen LogP contribution in [0.5, 0.6) is 0 Å². The van der Waals surface area contributed by atoms with Gasteiger partial charge in [-0.1, -0.05) is 57.7 Å². The minimum atomic E-state index is -0.608. The third-order valence-electron chi connectivity index (χ3n) is 12.3. The van der Waals surface area contributed by atoms with Crippen molar-refractivity contribution >= 4 is 11.4 Å². The highest BCUT2D eigenvalue weighted by atomic mass is 17.2. The first kappa shape index (κ1) is 25.8. The second-order valence-corrected chi connectivity index (χ2v) is 13.8. The first-order valence-corrected chi connectivity index (χ1v) is 14.9. The van der Waals surface area contributed by atoms with Crippen LogP contribution in [0.25, 0.3) is 5.57 Å². The topological polar surface area (TPSA) is 44.8 Å². The lowest BCUT2D eigenvalue weighted by atomic mass is 9.44. The summed E-state index contributed by atoms with van der Waals surface area (Å²) in [5, 5.41) is 0. The van der Waals surface area contributed by atoms with E-state index in [9.17, 15) is 4.79 Å². The van der Waals surface area contributed by atoms with Crippen molar-refractivity contribution in [1.82, 2.24) is 0 Å². The summed E-state index contributed by atoms with van der Waals surface area (Å²) in [5.41, 5.74) is 2.67. The Hall–Kier alpha value is -1.49. The second-order valence-electron chi connectivity index (χ2n) is 13.8. The first-order chi connectivity index (χ1) is 17.7. The van der Waals surface area contributed by atoms with Crippen LogP contribution < -0.4 is 0 Å². The van der Waals surface area contributed by atoms with Gasteiger partial charge in [0.1, 0.15) is 11.9 Å². The van der Waals surface area contributed by atoms with Gasteiger partial charge in [-0.05, 0) is 103 Å². The number of carbonyl (C=O) groups is 1. The summed E-state index contributed by atoms with van der Waals surface area (Å²) in [4.78, 5) is 24.4. The molecule has 1 aliphatic heterocycles. The van der Waals surface area contributed by atoms with Gasteiger partial charge in [0.15, 0.2) is 0 Å². The average Bonchev–Trinajstić information content (AvgIpc) is 3.26. The fourth-order valence-corrected chi connectivity index (χ4v) is 9.97.